The van der Waals surface area contributed by atoms with Crippen LogP contribution in [0.15, 0.2) is 54.6 Å². The molecule has 5 nitrogen and oxygen atoms in total. The van der Waals surface area contributed by atoms with Gasteiger partial charge in [0, 0.05) is 44.0 Å². The number of hydrogen-bond acceptors (Lipinski definition) is 4. The number of benzene rings is 2. The molecule has 0 aliphatic carbocycles. The van der Waals surface area contributed by atoms with E-state index in [2.05, 4.69) is 34.1 Å². The molecule has 5 heteroatoms. The van der Waals surface area contributed by atoms with Gasteiger partial charge in [-0.25, -0.2) is 0 Å². The summed E-state index contributed by atoms with van der Waals surface area (Å²) in [4.78, 5) is 19.4. The molecule has 4 rings (SSSR count). The van der Waals surface area contributed by atoms with Gasteiger partial charge in [0.15, 0.2) is 0 Å². The van der Waals surface area contributed by atoms with E-state index in [0.29, 0.717) is 0 Å². The highest BCUT2D eigenvalue weighted by Crippen LogP contribution is 2.21. The summed E-state index contributed by atoms with van der Waals surface area (Å²) < 4.78 is 5.91. The minimum Gasteiger partial charge on any atom is -0.494 e. The van der Waals surface area contributed by atoms with Crippen LogP contribution in [0.5, 0.6) is 5.75 Å². The minimum absolute atomic E-state index is 0.128. The Kier molecular flexibility index (Phi) is 6.67. The number of piperazine rings is 1. The van der Waals surface area contributed by atoms with Gasteiger partial charge in [-0.15, -0.1) is 0 Å². The van der Waals surface area contributed by atoms with Gasteiger partial charge in [-0.1, -0.05) is 18.2 Å². The number of amides is 1. The predicted octanol–water partition coefficient (Wildman–Crippen LogP) is 3.51. The monoisotopic (exact) mass is 393 g/mol. The van der Waals surface area contributed by atoms with Crippen LogP contribution >= 0.6 is 0 Å². The Bertz CT molecular complexity index is 764. The second-order valence-corrected chi connectivity index (χ2v) is 7.89. The summed E-state index contributed by atoms with van der Waals surface area (Å²) in [6.45, 7) is 7.63. The third kappa shape index (κ3) is 5.30. The first kappa shape index (κ1) is 19.8. The Hall–Kier alpha value is -2.53. The van der Waals surface area contributed by atoms with Crippen LogP contribution in [-0.2, 0) is 0 Å². The largest absolute Gasteiger partial charge is 0.494 e. The molecule has 2 saturated heterocycles. The first-order chi connectivity index (χ1) is 14.3. The molecular weight excluding hydrogens is 362 g/mol. The number of nitrogens with zero attached hydrogens (tertiary/aromatic N) is 3. The Morgan fingerprint density at radius 3 is 2.21 bits per heavy atom. The SMILES string of the molecule is O=C(c1ccccc1)N1CCN(c2ccc(OCCCN3CCCC3)cc2)CC1. The van der Waals surface area contributed by atoms with Crippen molar-refractivity contribution in [3.05, 3.63) is 60.2 Å². The molecular formula is C24H31N3O2. The van der Waals surface area contributed by atoms with E-state index in [4.69, 9.17) is 4.74 Å². The number of ether oxygens (including phenoxy) is 1. The van der Waals surface area contributed by atoms with Crippen LogP contribution in [-0.4, -0.2) is 68.1 Å². The normalized spacial score (nSPS) is 17.5. The van der Waals surface area contributed by atoms with Crippen LogP contribution in [0.4, 0.5) is 5.69 Å². The van der Waals surface area contributed by atoms with Crippen LogP contribution in [0.25, 0.3) is 0 Å². The number of anilines is 1. The fourth-order valence-corrected chi connectivity index (χ4v) is 4.17. The molecule has 0 N–H and O–H groups in total. The molecule has 0 atom stereocenters. The molecule has 0 radical (unpaired) electrons. The Balaban J connectivity index is 1.21. The van der Waals surface area contributed by atoms with Crippen molar-refractivity contribution in [2.24, 2.45) is 0 Å². The minimum atomic E-state index is 0.128. The zero-order valence-electron chi connectivity index (χ0n) is 17.1. The molecule has 0 bridgehead atoms. The first-order valence-electron chi connectivity index (χ1n) is 10.8. The average Bonchev–Trinajstić information content (AvgIpc) is 3.31. The van der Waals surface area contributed by atoms with E-state index in [0.717, 1.165) is 57.1 Å². The number of likely N-dealkylation sites (tertiary alicyclic amines) is 1. The maximum atomic E-state index is 12.6. The van der Waals surface area contributed by atoms with Crippen molar-refractivity contribution in [3.8, 4) is 5.75 Å². The zero-order valence-corrected chi connectivity index (χ0v) is 17.1. The standard InChI is InChI=1S/C24H31N3O2/c28-24(21-7-2-1-3-8-21)27-18-16-26(17-19-27)22-9-11-23(12-10-22)29-20-6-15-25-13-4-5-14-25/h1-3,7-12H,4-6,13-20H2. The maximum Gasteiger partial charge on any atom is 0.253 e. The molecule has 2 heterocycles. The summed E-state index contributed by atoms with van der Waals surface area (Å²) in [7, 11) is 0. The third-order valence-electron chi connectivity index (χ3n) is 5.88. The fourth-order valence-electron chi connectivity index (χ4n) is 4.17. The Morgan fingerprint density at radius 1 is 0.828 bits per heavy atom. The van der Waals surface area contributed by atoms with Gasteiger partial charge < -0.3 is 19.4 Å². The molecule has 0 spiro atoms. The average molecular weight is 394 g/mol. The van der Waals surface area contributed by atoms with Crippen LogP contribution in [0.1, 0.15) is 29.6 Å². The van der Waals surface area contributed by atoms with E-state index >= 15 is 0 Å². The quantitative estimate of drug-likeness (QED) is 0.675. The second-order valence-electron chi connectivity index (χ2n) is 7.89. The molecule has 2 aromatic rings. The van der Waals surface area contributed by atoms with Crippen molar-refractivity contribution in [2.45, 2.75) is 19.3 Å². The van der Waals surface area contributed by atoms with Gasteiger partial charge in [-0.05, 0) is 68.8 Å². The molecule has 29 heavy (non-hydrogen) atoms. The van der Waals surface area contributed by atoms with Crippen LogP contribution in [0.2, 0.25) is 0 Å². The van der Waals surface area contributed by atoms with Crippen molar-refractivity contribution >= 4 is 11.6 Å². The molecule has 2 aromatic carbocycles. The van der Waals surface area contributed by atoms with Gasteiger partial charge >= 0.3 is 0 Å². The molecule has 2 fully saturated rings. The number of rotatable bonds is 7. The number of hydrogen-bond donors (Lipinski definition) is 0. The Morgan fingerprint density at radius 2 is 1.52 bits per heavy atom. The van der Waals surface area contributed by atoms with E-state index in [1.54, 1.807) is 0 Å². The summed E-state index contributed by atoms with van der Waals surface area (Å²) >= 11 is 0. The van der Waals surface area contributed by atoms with Gasteiger partial charge in [0.05, 0.1) is 6.61 Å². The molecule has 0 aromatic heterocycles. The van der Waals surface area contributed by atoms with Crippen LogP contribution < -0.4 is 9.64 Å². The second kappa shape index (κ2) is 9.79. The van der Waals surface area contributed by atoms with E-state index in [1.165, 1.54) is 31.6 Å². The molecule has 154 valence electrons. The van der Waals surface area contributed by atoms with Gasteiger partial charge in [0.2, 0.25) is 0 Å². The summed E-state index contributed by atoms with van der Waals surface area (Å²) in [5, 5.41) is 0. The predicted molar refractivity (Wildman–Crippen MR) is 117 cm³/mol. The molecule has 1 amide bonds. The molecule has 0 unspecified atom stereocenters. The summed E-state index contributed by atoms with van der Waals surface area (Å²) in [5.41, 5.74) is 1.97. The number of carbonyl (C=O) groups excluding carboxylic acids is 1. The van der Waals surface area contributed by atoms with Crippen molar-refractivity contribution < 1.29 is 9.53 Å². The zero-order chi connectivity index (χ0) is 19.9. The highest BCUT2D eigenvalue weighted by molar-refractivity contribution is 5.94. The number of carbonyl (C=O) groups is 1. The van der Waals surface area contributed by atoms with E-state index in [-0.39, 0.29) is 5.91 Å². The van der Waals surface area contributed by atoms with Gasteiger partial charge in [0.1, 0.15) is 5.75 Å². The van der Waals surface area contributed by atoms with Gasteiger partial charge in [0.25, 0.3) is 5.91 Å². The molecule has 2 aliphatic rings. The highest BCUT2D eigenvalue weighted by Gasteiger charge is 2.22. The van der Waals surface area contributed by atoms with E-state index in [9.17, 15) is 4.79 Å². The lowest BCUT2D eigenvalue weighted by Gasteiger charge is -2.36. The van der Waals surface area contributed by atoms with Crippen LogP contribution in [0, 0.1) is 0 Å². The summed E-state index contributed by atoms with van der Waals surface area (Å²) in [6, 6.07) is 17.9. The van der Waals surface area contributed by atoms with Crippen molar-refractivity contribution in [1.29, 1.82) is 0 Å². The van der Waals surface area contributed by atoms with Crippen molar-refractivity contribution in [1.82, 2.24) is 9.80 Å². The lowest BCUT2D eigenvalue weighted by Crippen LogP contribution is -2.48. The molecule has 0 saturated carbocycles. The van der Waals surface area contributed by atoms with E-state index in [1.807, 2.05) is 35.2 Å². The molecule has 2 aliphatic heterocycles. The lowest BCUT2D eigenvalue weighted by atomic mass is 10.1. The first-order valence-corrected chi connectivity index (χ1v) is 10.8. The van der Waals surface area contributed by atoms with Gasteiger partial charge in [-0.2, -0.15) is 0 Å². The van der Waals surface area contributed by atoms with E-state index < -0.39 is 0 Å². The lowest BCUT2D eigenvalue weighted by molar-refractivity contribution is 0.0747. The van der Waals surface area contributed by atoms with Crippen LogP contribution in [0.3, 0.4) is 0 Å². The summed E-state index contributed by atoms with van der Waals surface area (Å²) in [5.74, 6) is 1.07. The van der Waals surface area contributed by atoms with Crippen molar-refractivity contribution in [3.63, 3.8) is 0 Å². The van der Waals surface area contributed by atoms with Crippen molar-refractivity contribution in [2.75, 3.05) is 57.3 Å². The smallest absolute Gasteiger partial charge is 0.253 e. The maximum absolute atomic E-state index is 12.6. The Labute approximate surface area is 173 Å². The van der Waals surface area contributed by atoms with Gasteiger partial charge in [-0.3, -0.25) is 4.79 Å². The summed E-state index contributed by atoms with van der Waals surface area (Å²) in [6.07, 6.45) is 3.77. The fraction of sp³-hybridized carbons (Fsp3) is 0.458. The topological polar surface area (TPSA) is 36.0 Å². The third-order valence-corrected chi connectivity index (χ3v) is 5.88. The highest BCUT2D eigenvalue weighted by atomic mass is 16.5.